The van der Waals surface area contributed by atoms with E-state index in [9.17, 15) is 4.79 Å². The fraction of sp³-hybridized carbons (Fsp3) is 0.200. The largest absolute Gasteiger partial charge is 0.494 e. The van der Waals surface area contributed by atoms with E-state index in [-0.39, 0.29) is 5.91 Å². The molecule has 1 amide bonds. The third-order valence-corrected chi connectivity index (χ3v) is 4.50. The van der Waals surface area contributed by atoms with E-state index >= 15 is 0 Å². The molecule has 142 valence electrons. The number of hydrogen-bond acceptors (Lipinski definition) is 6. The summed E-state index contributed by atoms with van der Waals surface area (Å²) in [5, 5.41) is 18.0. The minimum atomic E-state index is -0.516. The molecular weight excluding hydrogens is 356 g/mol. The van der Waals surface area contributed by atoms with E-state index in [2.05, 4.69) is 26.2 Å². The molecule has 28 heavy (non-hydrogen) atoms. The highest BCUT2D eigenvalue weighted by Crippen LogP contribution is 2.38. The lowest BCUT2D eigenvalue weighted by Crippen LogP contribution is -2.31. The summed E-state index contributed by atoms with van der Waals surface area (Å²) in [5.74, 6) is 0.940. The van der Waals surface area contributed by atoms with Crippen molar-refractivity contribution >= 4 is 17.5 Å². The number of tetrazole rings is 1. The smallest absolute Gasteiger partial charge is 0.255 e. The number of hydrogen-bond donors (Lipinski definition) is 2. The molecule has 3 aromatic rings. The van der Waals surface area contributed by atoms with Crippen molar-refractivity contribution in [3.05, 3.63) is 71.4 Å². The summed E-state index contributed by atoms with van der Waals surface area (Å²) in [6.07, 6.45) is 0. The average molecular weight is 376 g/mol. The van der Waals surface area contributed by atoms with Crippen LogP contribution >= 0.6 is 0 Å². The van der Waals surface area contributed by atoms with Gasteiger partial charge in [-0.2, -0.15) is 4.68 Å². The number of nitrogens with one attached hydrogen (secondary N) is 2. The predicted octanol–water partition coefficient (Wildman–Crippen LogP) is 3.00. The number of aromatic nitrogens is 4. The number of benzene rings is 2. The highest BCUT2D eigenvalue weighted by Gasteiger charge is 2.35. The number of nitrogens with zero attached hydrogens (tertiary/aromatic N) is 4. The first-order valence-electron chi connectivity index (χ1n) is 9.02. The van der Waals surface area contributed by atoms with Gasteiger partial charge in [0.2, 0.25) is 5.95 Å². The molecule has 0 saturated carbocycles. The maximum absolute atomic E-state index is 13.2. The summed E-state index contributed by atoms with van der Waals surface area (Å²) in [5.41, 5.74) is 2.74. The second kappa shape index (κ2) is 7.51. The Hall–Kier alpha value is -3.68. The number of carbonyl (C=O) groups is 1. The Morgan fingerprint density at radius 3 is 2.71 bits per heavy atom. The number of rotatable bonds is 5. The molecule has 2 N–H and O–H groups in total. The first kappa shape index (κ1) is 17.7. The summed E-state index contributed by atoms with van der Waals surface area (Å²) in [4.78, 5) is 13.2. The first-order chi connectivity index (χ1) is 13.7. The Morgan fingerprint density at radius 2 is 1.93 bits per heavy atom. The zero-order valence-electron chi connectivity index (χ0n) is 15.6. The molecule has 0 aliphatic carbocycles. The second-order valence-corrected chi connectivity index (χ2v) is 6.30. The van der Waals surface area contributed by atoms with Crippen LogP contribution in [0.1, 0.15) is 25.5 Å². The summed E-state index contributed by atoms with van der Waals surface area (Å²) in [6, 6.07) is 16.4. The Balaban J connectivity index is 1.80. The SMILES string of the molecule is CCOc1ccccc1[C@@H]1C(C(=O)Nc2ccccc2)=C(C)Nc2nnnn21. The van der Waals surface area contributed by atoms with Gasteiger partial charge in [-0.1, -0.05) is 41.5 Å². The Bertz CT molecular complexity index is 1030. The van der Waals surface area contributed by atoms with Crippen molar-refractivity contribution in [1.82, 2.24) is 20.2 Å². The minimum Gasteiger partial charge on any atom is -0.494 e. The fourth-order valence-corrected chi connectivity index (χ4v) is 3.31. The van der Waals surface area contributed by atoms with E-state index in [0.717, 1.165) is 5.56 Å². The molecule has 1 aliphatic heterocycles. The Kier molecular flexibility index (Phi) is 4.76. The van der Waals surface area contributed by atoms with Gasteiger partial charge in [-0.3, -0.25) is 4.79 Å². The Labute approximate surface area is 162 Å². The zero-order chi connectivity index (χ0) is 19.5. The second-order valence-electron chi connectivity index (χ2n) is 6.30. The average Bonchev–Trinajstić information content (AvgIpc) is 3.16. The van der Waals surface area contributed by atoms with Crippen molar-refractivity contribution in [2.24, 2.45) is 0 Å². The molecule has 1 atom stereocenters. The predicted molar refractivity (Wildman–Crippen MR) is 105 cm³/mol. The molecule has 0 spiro atoms. The third-order valence-electron chi connectivity index (χ3n) is 4.50. The van der Waals surface area contributed by atoms with Crippen molar-refractivity contribution in [2.45, 2.75) is 19.9 Å². The van der Waals surface area contributed by atoms with Crippen LogP contribution in [-0.4, -0.2) is 32.7 Å². The van der Waals surface area contributed by atoms with Gasteiger partial charge in [0.1, 0.15) is 11.8 Å². The van der Waals surface area contributed by atoms with Crippen LogP contribution in [0.3, 0.4) is 0 Å². The highest BCUT2D eigenvalue weighted by atomic mass is 16.5. The molecule has 4 rings (SSSR count). The third kappa shape index (κ3) is 3.20. The molecule has 0 radical (unpaired) electrons. The number of fused-ring (bicyclic) bond motifs is 1. The first-order valence-corrected chi connectivity index (χ1v) is 9.02. The Morgan fingerprint density at radius 1 is 1.18 bits per heavy atom. The quantitative estimate of drug-likeness (QED) is 0.711. The molecule has 8 heteroatoms. The number of ether oxygens (including phenoxy) is 1. The molecule has 1 aliphatic rings. The molecule has 1 aromatic heterocycles. The molecule has 0 unspecified atom stereocenters. The fourth-order valence-electron chi connectivity index (χ4n) is 3.31. The van der Waals surface area contributed by atoms with Crippen molar-refractivity contribution in [2.75, 3.05) is 17.2 Å². The lowest BCUT2D eigenvalue weighted by Gasteiger charge is -2.29. The van der Waals surface area contributed by atoms with Gasteiger partial charge in [-0.05, 0) is 42.5 Å². The van der Waals surface area contributed by atoms with Gasteiger partial charge in [0, 0.05) is 16.9 Å². The number of para-hydroxylation sites is 2. The van der Waals surface area contributed by atoms with Crippen LogP contribution in [0.4, 0.5) is 11.6 Å². The van der Waals surface area contributed by atoms with E-state index in [4.69, 9.17) is 4.74 Å². The summed E-state index contributed by atoms with van der Waals surface area (Å²) >= 11 is 0. The maximum atomic E-state index is 13.2. The van der Waals surface area contributed by atoms with Gasteiger partial charge < -0.3 is 15.4 Å². The van der Waals surface area contributed by atoms with Crippen LogP contribution in [0.15, 0.2) is 65.9 Å². The number of amides is 1. The topological polar surface area (TPSA) is 94.0 Å². The van der Waals surface area contributed by atoms with Crippen molar-refractivity contribution in [1.29, 1.82) is 0 Å². The lowest BCUT2D eigenvalue weighted by molar-refractivity contribution is -0.113. The molecule has 2 heterocycles. The molecule has 8 nitrogen and oxygen atoms in total. The molecule has 0 fully saturated rings. The summed E-state index contributed by atoms with van der Waals surface area (Å²) in [6.45, 7) is 4.28. The monoisotopic (exact) mass is 376 g/mol. The molecular formula is C20H20N6O2. The van der Waals surface area contributed by atoms with Gasteiger partial charge in [0.05, 0.1) is 12.2 Å². The van der Waals surface area contributed by atoms with Crippen LogP contribution < -0.4 is 15.4 Å². The van der Waals surface area contributed by atoms with Crippen LogP contribution in [0.2, 0.25) is 0 Å². The highest BCUT2D eigenvalue weighted by molar-refractivity contribution is 6.06. The molecule has 2 aromatic carbocycles. The number of carbonyl (C=O) groups excluding carboxylic acids is 1. The lowest BCUT2D eigenvalue weighted by atomic mass is 9.94. The van der Waals surface area contributed by atoms with Crippen LogP contribution in [-0.2, 0) is 4.79 Å². The molecule has 0 bridgehead atoms. The van der Waals surface area contributed by atoms with Gasteiger partial charge >= 0.3 is 0 Å². The summed E-state index contributed by atoms with van der Waals surface area (Å²) < 4.78 is 7.41. The summed E-state index contributed by atoms with van der Waals surface area (Å²) in [7, 11) is 0. The van der Waals surface area contributed by atoms with Crippen LogP contribution in [0.25, 0.3) is 0 Å². The standard InChI is InChI=1S/C20H20N6O2/c1-3-28-16-12-8-7-11-15(16)18-17(13(2)21-20-23-24-25-26(18)20)19(27)22-14-9-5-4-6-10-14/h4-12,18H,3H2,1-2H3,(H,22,27)(H,21,23,25)/t18-/m1/s1. The van der Waals surface area contributed by atoms with Crippen molar-refractivity contribution in [3.63, 3.8) is 0 Å². The number of anilines is 2. The zero-order valence-corrected chi connectivity index (χ0v) is 15.6. The van der Waals surface area contributed by atoms with Gasteiger partial charge in [-0.15, -0.1) is 0 Å². The van der Waals surface area contributed by atoms with Crippen molar-refractivity contribution < 1.29 is 9.53 Å². The van der Waals surface area contributed by atoms with Crippen LogP contribution in [0.5, 0.6) is 5.75 Å². The normalized spacial score (nSPS) is 15.6. The van der Waals surface area contributed by atoms with Crippen LogP contribution in [0, 0.1) is 0 Å². The van der Waals surface area contributed by atoms with Gasteiger partial charge in [0.15, 0.2) is 0 Å². The molecule has 0 saturated heterocycles. The van der Waals surface area contributed by atoms with E-state index in [1.807, 2.05) is 68.4 Å². The maximum Gasteiger partial charge on any atom is 0.255 e. The van der Waals surface area contributed by atoms with E-state index in [1.165, 1.54) is 0 Å². The van der Waals surface area contributed by atoms with E-state index in [1.54, 1.807) is 4.68 Å². The van der Waals surface area contributed by atoms with Gasteiger partial charge in [0.25, 0.3) is 5.91 Å². The van der Waals surface area contributed by atoms with Crippen molar-refractivity contribution in [3.8, 4) is 5.75 Å². The number of allylic oxidation sites excluding steroid dienone is 1. The van der Waals surface area contributed by atoms with E-state index in [0.29, 0.717) is 35.3 Å². The minimum absolute atomic E-state index is 0.228. The van der Waals surface area contributed by atoms with Gasteiger partial charge in [-0.25, -0.2) is 0 Å². The van der Waals surface area contributed by atoms with E-state index < -0.39 is 6.04 Å².